The third-order valence-corrected chi connectivity index (χ3v) is 4.20. The predicted octanol–water partition coefficient (Wildman–Crippen LogP) is 1.92. The molecule has 2 bridgehead atoms. The summed E-state index contributed by atoms with van der Waals surface area (Å²) < 4.78 is 0. The number of nitrogens with zero attached hydrogens (tertiary/aromatic N) is 3. The molecule has 0 amide bonds. The summed E-state index contributed by atoms with van der Waals surface area (Å²) in [6.07, 6.45) is 4.89. The van der Waals surface area contributed by atoms with Crippen molar-refractivity contribution in [2.75, 3.05) is 17.2 Å². The van der Waals surface area contributed by atoms with E-state index in [9.17, 15) is 0 Å². The first-order chi connectivity index (χ1) is 8.19. The lowest BCUT2D eigenvalue weighted by Gasteiger charge is -2.29. The molecule has 1 aliphatic heterocycles. The maximum Gasteiger partial charge on any atom is 0.137 e. The van der Waals surface area contributed by atoms with Crippen molar-refractivity contribution in [2.45, 2.75) is 45.6 Å². The monoisotopic (exact) mass is 232 g/mol. The molecular weight excluding hydrogens is 212 g/mol. The van der Waals surface area contributed by atoms with Crippen LogP contribution in [0.4, 0.5) is 11.6 Å². The van der Waals surface area contributed by atoms with Crippen molar-refractivity contribution in [1.82, 2.24) is 9.97 Å². The van der Waals surface area contributed by atoms with Gasteiger partial charge in [0.05, 0.1) is 0 Å². The van der Waals surface area contributed by atoms with E-state index in [1.54, 1.807) is 0 Å². The number of rotatable bonds is 2. The number of aryl methyl sites for hydroxylation is 1. The minimum Gasteiger partial charge on any atom is -0.383 e. The fourth-order valence-electron chi connectivity index (χ4n) is 3.19. The smallest absolute Gasteiger partial charge is 0.137 e. The normalized spacial score (nSPS) is 26.8. The van der Waals surface area contributed by atoms with Crippen molar-refractivity contribution in [3.8, 4) is 0 Å². The molecule has 1 aliphatic carbocycles. The molecule has 92 valence electrons. The average molecular weight is 232 g/mol. The van der Waals surface area contributed by atoms with Gasteiger partial charge in [0.25, 0.3) is 0 Å². The van der Waals surface area contributed by atoms with Gasteiger partial charge in [-0.05, 0) is 32.1 Å². The molecule has 2 aliphatic rings. The zero-order chi connectivity index (χ0) is 12.0. The number of nitrogen functional groups attached to an aromatic ring is 1. The number of fused-ring (bicyclic) bond motifs is 2. The number of nitrogens with two attached hydrogens (primary N) is 1. The second-order valence-electron chi connectivity index (χ2n) is 5.31. The van der Waals surface area contributed by atoms with Crippen molar-refractivity contribution in [3.63, 3.8) is 0 Å². The third kappa shape index (κ3) is 1.66. The van der Waals surface area contributed by atoms with Crippen LogP contribution in [0.15, 0.2) is 0 Å². The fraction of sp³-hybridized carbons (Fsp3) is 0.692. The van der Waals surface area contributed by atoms with E-state index in [0.717, 1.165) is 36.1 Å². The minimum atomic E-state index is 0.648. The largest absolute Gasteiger partial charge is 0.383 e. The van der Waals surface area contributed by atoms with Crippen molar-refractivity contribution < 1.29 is 0 Å². The Kier molecular flexibility index (Phi) is 2.45. The van der Waals surface area contributed by atoms with Crippen LogP contribution in [-0.2, 0) is 6.42 Å². The Morgan fingerprint density at radius 2 is 2.18 bits per heavy atom. The molecule has 2 unspecified atom stereocenters. The Bertz CT molecular complexity index is 443. The lowest BCUT2D eigenvalue weighted by atomic mass is 10.1. The zero-order valence-electron chi connectivity index (χ0n) is 10.6. The standard InChI is InChI=1S/C13H20N4/c1-3-11-15-12(14)8(2)13(16-11)17-7-9-4-5-10(17)6-9/h9-10H,3-7H2,1-2H3,(H2,14,15,16). The molecule has 2 atom stereocenters. The summed E-state index contributed by atoms with van der Waals surface area (Å²) in [5.74, 6) is 3.47. The first-order valence-corrected chi connectivity index (χ1v) is 6.58. The molecule has 2 N–H and O–H groups in total. The number of anilines is 2. The molecule has 3 rings (SSSR count). The van der Waals surface area contributed by atoms with Gasteiger partial charge in [-0.15, -0.1) is 0 Å². The van der Waals surface area contributed by atoms with E-state index < -0.39 is 0 Å². The van der Waals surface area contributed by atoms with Crippen LogP contribution in [-0.4, -0.2) is 22.6 Å². The van der Waals surface area contributed by atoms with E-state index in [1.807, 2.05) is 6.92 Å². The molecule has 0 aromatic carbocycles. The zero-order valence-corrected chi connectivity index (χ0v) is 10.6. The lowest BCUT2D eigenvalue weighted by molar-refractivity contribution is 0.549. The van der Waals surface area contributed by atoms with Crippen LogP contribution >= 0.6 is 0 Å². The molecule has 4 nitrogen and oxygen atoms in total. The molecule has 0 radical (unpaired) electrons. The van der Waals surface area contributed by atoms with Crippen LogP contribution in [0.25, 0.3) is 0 Å². The summed E-state index contributed by atoms with van der Waals surface area (Å²) >= 11 is 0. The minimum absolute atomic E-state index is 0.648. The summed E-state index contributed by atoms with van der Waals surface area (Å²) in [5, 5.41) is 0. The highest BCUT2D eigenvalue weighted by molar-refractivity contribution is 5.58. The highest BCUT2D eigenvalue weighted by Crippen LogP contribution is 2.40. The number of piperidine rings is 1. The molecule has 2 heterocycles. The molecule has 1 aromatic heterocycles. The number of hydrogen-bond acceptors (Lipinski definition) is 4. The van der Waals surface area contributed by atoms with Gasteiger partial charge in [-0.2, -0.15) is 0 Å². The van der Waals surface area contributed by atoms with Crippen LogP contribution in [0.1, 0.15) is 37.6 Å². The van der Waals surface area contributed by atoms with E-state index in [2.05, 4.69) is 21.8 Å². The first-order valence-electron chi connectivity index (χ1n) is 6.58. The second kappa shape index (κ2) is 3.86. The van der Waals surface area contributed by atoms with E-state index in [1.165, 1.54) is 19.3 Å². The summed E-state index contributed by atoms with van der Waals surface area (Å²) in [4.78, 5) is 11.5. The van der Waals surface area contributed by atoms with Crippen molar-refractivity contribution >= 4 is 11.6 Å². The van der Waals surface area contributed by atoms with Gasteiger partial charge in [0.1, 0.15) is 17.5 Å². The predicted molar refractivity (Wildman–Crippen MR) is 69.0 cm³/mol. The maximum absolute atomic E-state index is 5.98. The summed E-state index contributed by atoms with van der Waals surface area (Å²) in [5.41, 5.74) is 7.04. The molecular formula is C13H20N4. The second-order valence-corrected chi connectivity index (χ2v) is 5.31. The van der Waals surface area contributed by atoms with Crippen LogP contribution < -0.4 is 10.6 Å². The third-order valence-electron chi connectivity index (χ3n) is 4.20. The SMILES string of the molecule is CCc1nc(N)c(C)c(N2CC3CCC2C3)n1. The number of aromatic nitrogens is 2. The van der Waals surface area contributed by atoms with Crippen LogP contribution in [0, 0.1) is 12.8 Å². The first kappa shape index (κ1) is 10.8. The van der Waals surface area contributed by atoms with Gasteiger partial charge < -0.3 is 10.6 Å². The lowest BCUT2D eigenvalue weighted by Crippen LogP contribution is -2.33. The highest BCUT2D eigenvalue weighted by Gasteiger charge is 2.39. The van der Waals surface area contributed by atoms with Crippen molar-refractivity contribution in [1.29, 1.82) is 0 Å². The summed E-state index contributed by atoms with van der Waals surface area (Å²) in [6, 6.07) is 0.692. The van der Waals surface area contributed by atoms with Gasteiger partial charge in [0.2, 0.25) is 0 Å². The van der Waals surface area contributed by atoms with Crippen LogP contribution in [0.2, 0.25) is 0 Å². The Morgan fingerprint density at radius 3 is 2.76 bits per heavy atom. The van der Waals surface area contributed by atoms with Gasteiger partial charge in [0, 0.05) is 24.6 Å². The van der Waals surface area contributed by atoms with E-state index >= 15 is 0 Å². The maximum atomic E-state index is 5.98. The molecule has 4 heteroatoms. The van der Waals surface area contributed by atoms with Crippen LogP contribution in [0.3, 0.4) is 0 Å². The summed E-state index contributed by atoms with van der Waals surface area (Å²) in [7, 11) is 0. The Labute approximate surface area is 102 Å². The Balaban J connectivity index is 1.99. The molecule has 0 spiro atoms. The van der Waals surface area contributed by atoms with Crippen molar-refractivity contribution in [2.24, 2.45) is 5.92 Å². The average Bonchev–Trinajstić information content (AvgIpc) is 2.94. The van der Waals surface area contributed by atoms with Gasteiger partial charge in [-0.25, -0.2) is 9.97 Å². The van der Waals surface area contributed by atoms with Gasteiger partial charge >= 0.3 is 0 Å². The Hall–Kier alpha value is -1.32. The number of hydrogen-bond donors (Lipinski definition) is 1. The summed E-state index contributed by atoms with van der Waals surface area (Å²) in [6.45, 7) is 5.27. The van der Waals surface area contributed by atoms with Gasteiger partial charge in [-0.3, -0.25) is 0 Å². The van der Waals surface area contributed by atoms with Gasteiger partial charge in [0.15, 0.2) is 0 Å². The molecule has 2 fully saturated rings. The molecule has 1 saturated heterocycles. The quantitative estimate of drug-likeness (QED) is 0.846. The molecule has 17 heavy (non-hydrogen) atoms. The fourth-order valence-corrected chi connectivity index (χ4v) is 3.19. The molecule has 1 aromatic rings. The van der Waals surface area contributed by atoms with E-state index in [0.29, 0.717) is 11.9 Å². The van der Waals surface area contributed by atoms with E-state index in [4.69, 9.17) is 5.73 Å². The highest BCUT2D eigenvalue weighted by atomic mass is 15.3. The topological polar surface area (TPSA) is 55.0 Å². The van der Waals surface area contributed by atoms with Gasteiger partial charge in [-0.1, -0.05) is 6.92 Å². The molecule has 1 saturated carbocycles. The van der Waals surface area contributed by atoms with Crippen molar-refractivity contribution in [3.05, 3.63) is 11.4 Å². The van der Waals surface area contributed by atoms with E-state index in [-0.39, 0.29) is 0 Å². The van der Waals surface area contributed by atoms with Crippen LogP contribution in [0.5, 0.6) is 0 Å². The Morgan fingerprint density at radius 1 is 1.35 bits per heavy atom.